The van der Waals surface area contributed by atoms with Crippen LogP contribution >= 0.6 is 43.6 Å². The predicted octanol–water partition coefficient (Wildman–Crippen LogP) is 7.60. The van der Waals surface area contributed by atoms with Crippen LogP contribution in [0.2, 0.25) is 0 Å². The smallest absolute Gasteiger partial charge is 0.267 e. The minimum Gasteiger partial charge on any atom is -0.506 e. The monoisotopic (exact) mass is 665 g/mol. The molecule has 7 nitrogen and oxygen atoms in total. The molecular weight excluding hydrogens is 646 g/mol. The number of phenols is 1. The lowest BCUT2D eigenvalue weighted by Gasteiger charge is -2.12. The Morgan fingerprint density at radius 3 is 2.67 bits per heavy atom. The Balaban J connectivity index is 1.38. The summed E-state index contributed by atoms with van der Waals surface area (Å²) in [6.07, 6.45) is 4.80. The maximum atomic E-state index is 13.4. The number of carbonyl (C=O) groups is 1. The van der Waals surface area contributed by atoms with Crippen molar-refractivity contribution in [2.75, 3.05) is 0 Å². The number of hydrogen-bond donors (Lipinski definition) is 1. The summed E-state index contributed by atoms with van der Waals surface area (Å²) in [6.45, 7) is 0.656. The second-order valence-electron chi connectivity index (χ2n) is 8.38. The van der Waals surface area contributed by atoms with Crippen LogP contribution in [0.3, 0.4) is 0 Å². The van der Waals surface area contributed by atoms with E-state index in [9.17, 15) is 9.90 Å². The van der Waals surface area contributed by atoms with Crippen LogP contribution in [0.15, 0.2) is 114 Å². The predicted molar refractivity (Wildman–Crippen MR) is 161 cm³/mol. The number of amidine groups is 1. The number of nitrogens with zero attached hydrogens (tertiary/aromatic N) is 3. The van der Waals surface area contributed by atoms with Crippen LogP contribution in [-0.2, 0) is 17.9 Å². The van der Waals surface area contributed by atoms with Crippen molar-refractivity contribution >= 4 is 67.0 Å². The molecule has 0 bridgehead atoms. The van der Waals surface area contributed by atoms with Crippen molar-refractivity contribution < 1.29 is 19.1 Å². The van der Waals surface area contributed by atoms with Crippen molar-refractivity contribution in [3.05, 3.63) is 121 Å². The van der Waals surface area contributed by atoms with E-state index in [1.165, 1.54) is 22.9 Å². The summed E-state index contributed by atoms with van der Waals surface area (Å²) in [7, 11) is 0. The molecule has 0 radical (unpaired) electrons. The molecule has 5 rings (SSSR count). The molecule has 196 valence electrons. The lowest BCUT2D eigenvalue weighted by Crippen LogP contribution is -2.28. The molecule has 0 aliphatic carbocycles. The van der Waals surface area contributed by atoms with Crippen LogP contribution in [0.25, 0.3) is 6.08 Å². The number of ether oxygens (including phenoxy) is 1. The molecule has 10 heteroatoms. The minimum absolute atomic E-state index is 0.0414. The van der Waals surface area contributed by atoms with Crippen LogP contribution in [0.4, 0.5) is 0 Å². The Morgan fingerprint density at radius 2 is 1.87 bits per heavy atom. The lowest BCUT2D eigenvalue weighted by molar-refractivity contribution is -0.122. The van der Waals surface area contributed by atoms with E-state index in [0.29, 0.717) is 38.2 Å². The van der Waals surface area contributed by atoms with Gasteiger partial charge in [0.1, 0.15) is 23.9 Å². The van der Waals surface area contributed by atoms with E-state index in [1.807, 2.05) is 54.6 Å². The van der Waals surface area contributed by atoms with Gasteiger partial charge in [0.05, 0.1) is 28.4 Å². The molecule has 1 fully saturated rings. The maximum Gasteiger partial charge on any atom is 0.267 e. The number of thioether (sulfide) groups is 1. The van der Waals surface area contributed by atoms with E-state index in [0.717, 1.165) is 15.6 Å². The second-order valence-corrected chi connectivity index (χ2v) is 11.2. The van der Waals surface area contributed by atoms with Gasteiger partial charge in [0, 0.05) is 10.0 Å². The van der Waals surface area contributed by atoms with E-state index in [4.69, 9.17) is 9.15 Å². The summed E-state index contributed by atoms with van der Waals surface area (Å²) in [5, 5.41) is 19.2. The van der Waals surface area contributed by atoms with Gasteiger partial charge < -0.3 is 14.3 Å². The molecule has 0 saturated carbocycles. The molecular formula is C29H21Br2N3O4S. The van der Waals surface area contributed by atoms with E-state index >= 15 is 0 Å². The first kappa shape index (κ1) is 27.0. The van der Waals surface area contributed by atoms with Crippen LogP contribution in [0.5, 0.6) is 11.5 Å². The third-order valence-electron chi connectivity index (χ3n) is 5.58. The van der Waals surface area contributed by atoms with Crippen LogP contribution in [0, 0.1) is 0 Å². The number of benzene rings is 3. The highest BCUT2D eigenvalue weighted by molar-refractivity contribution is 9.11. The van der Waals surface area contributed by atoms with Gasteiger partial charge in [0.2, 0.25) is 0 Å². The molecule has 0 spiro atoms. The van der Waals surface area contributed by atoms with Crippen molar-refractivity contribution in [2.24, 2.45) is 10.2 Å². The molecule has 39 heavy (non-hydrogen) atoms. The zero-order valence-electron chi connectivity index (χ0n) is 20.3. The standard InChI is InChI=1S/C29H21Br2N3O4S/c30-22-14-21(27(35)25(31)15-22)16-32-33-29-34(17-24-10-5-11-37-24)28(36)26(39-29)13-20-8-4-9-23(12-20)38-18-19-6-2-1-3-7-19/h1-16,35H,17-18H2/b26-13-,32-16-,33-29+. The number of phenolic OH excluding ortho intramolecular Hbond substituents is 1. The third-order valence-corrected chi connectivity index (χ3v) is 7.64. The van der Waals surface area contributed by atoms with E-state index in [-0.39, 0.29) is 18.2 Å². The number of carbonyl (C=O) groups excluding carboxylic acids is 1. The van der Waals surface area contributed by atoms with Gasteiger partial charge in [0.15, 0.2) is 5.17 Å². The molecule has 2 heterocycles. The quantitative estimate of drug-likeness (QED) is 0.119. The van der Waals surface area contributed by atoms with Gasteiger partial charge >= 0.3 is 0 Å². The fourth-order valence-electron chi connectivity index (χ4n) is 3.69. The molecule has 3 aromatic carbocycles. The lowest BCUT2D eigenvalue weighted by atomic mass is 10.2. The highest BCUT2D eigenvalue weighted by Gasteiger charge is 2.34. The zero-order valence-corrected chi connectivity index (χ0v) is 24.3. The van der Waals surface area contributed by atoms with Crippen molar-refractivity contribution in [1.82, 2.24) is 4.90 Å². The third kappa shape index (κ3) is 6.89. The van der Waals surface area contributed by atoms with Gasteiger partial charge in [-0.25, -0.2) is 0 Å². The molecule has 1 aliphatic heterocycles. The fraction of sp³-hybridized carbons (Fsp3) is 0.0690. The Hall–Kier alpha value is -3.60. The van der Waals surface area contributed by atoms with Crippen LogP contribution < -0.4 is 4.74 Å². The molecule has 1 amide bonds. The van der Waals surface area contributed by atoms with E-state index in [2.05, 4.69) is 42.1 Å². The molecule has 1 N–H and O–H groups in total. The Kier molecular flexibility index (Phi) is 8.65. The summed E-state index contributed by atoms with van der Waals surface area (Å²) in [6, 6.07) is 24.5. The minimum atomic E-state index is -0.214. The van der Waals surface area contributed by atoms with E-state index < -0.39 is 0 Å². The SMILES string of the molecule is O=C1/C(=C/c2cccc(OCc3ccccc3)c2)S/C(=N/N=C\c2cc(Br)cc(Br)c2O)N1Cc1ccco1. The van der Waals surface area contributed by atoms with Crippen molar-refractivity contribution in [2.45, 2.75) is 13.2 Å². The van der Waals surface area contributed by atoms with Gasteiger partial charge in [-0.15, -0.1) is 5.10 Å². The topological polar surface area (TPSA) is 87.6 Å². The first-order valence-electron chi connectivity index (χ1n) is 11.8. The first-order valence-corrected chi connectivity index (χ1v) is 14.2. The summed E-state index contributed by atoms with van der Waals surface area (Å²) in [5.74, 6) is 1.15. The van der Waals surface area contributed by atoms with Gasteiger partial charge in [-0.2, -0.15) is 5.10 Å². The van der Waals surface area contributed by atoms with Gasteiger partial charge in [0.25, 0.3) is 5.91 Å². The number of furan rings is 1. The molecule has 1 saturated heterocycles. The van der Waals surface area contributed by atoms with Crippen molar-refractivity contribution in [3.8, 4) is 11.5 Å². The van der Waals surface area contributed by atoms with Crippen molar-refractivity contribution in [1.29, 1.82) is 0 Å². The van der Waals surface area contributed by atoms with Gasteiger partial charge in [-0.1, -0.05) is 58.4 Å². The summed E-state index contributed by atoms with van der Waals surface area (Å²) < 4.78 is 12.7. The van der Waals surface area contributed by atoms with Crippen LogP contribution in [-0.4, -0.2) is 27.3 Å². The summed E-state index contributed by atoms with van der Waals surface area (Å²) >= 11 is 7.93. The Bertz CT molecular complexity index is 1570. The molecule has 1 aromatic heterocycles. The highest BCUT2D eigenvalue weighted by Crippen LogP contribution is 2.35. The molecule has 4 aromatic rings. The Morgan fingerprint density at radius 1 is 1.03 bits per heavy atom. The number of halogens is 2. The van der Waals surface area contributed by atoms with E-state index in [1.54, 1.807) is 36.6 Å². The first-order chi connectivity index (χ1) is 19.0. The number of aromatic hydroxyl groups is 1. The van der Waals surface area contributed by atoms with Gasteiger partial charge in [-0.3, -0.25) is 9.69 Å². The average molecular weight is 667 g/mol. The van der Waals surface area contributed by atoms with Crippen molar-refractivity contribution in [3.63, 3.8) is 0 Å². The molecule has 1 aliphatic rings. The number of rotatable bonds is 8. The highest BCUT2D eigenvalue weighted by atomic mass is 79.9. The second kappa shape index (κ2) is 12.5. The normalized spacial score (nSPS) is 15.6. The number of amides is 1. The fourth-order valence-corrected chi connectivity index (χ4v) is 5.88. The van der Waals surface area contributed by atoms with Gasteiger partial charge in [-0.05, 0) is 81.3 Å². The summed E-state index contributed by atoms with van der Waals surface area (Å²) in [4.78, 5) is 15.4. The Labute approximate surface area is 246 Å². The largest absolute Gasteiger partial charge is 0.506 e. The number of hydrogen-bond acceptors (Lipinski definition) is 7. The molecule has 0 unspecified atom stereocenters. The average Bonchev–Trinajstić information content (AvgIpc) is 3.55. The molecule has 0 atom stereocenters. The summed E-state index contributed by atoms with van der Waals surface area (Å²) in [5.41, 5.74) is 2.36. The maximum absolute atomic E-state index is 13.4. The van der Waals surface area contributed by atoms with Crippen LogP contribution in [0.1, 0.15) is 22.5 Å². The zero-order chi connectivity index (χ0) is 27.2.